The SMILES string of the molecule is O=C1c2ccccc2C2=C([N+](=O)[O-])C([N+](=O)[O-])=C([N+](=O)[O-])C([N+](=O)[O-])C12. The lowest BCUT2D eigenvalue weighted by Gasteiger charge is -2.18. The smallest absolute Gasteiger partial charge is 0.293 e. The van der Waals surface area contributed by atoms with Crippen LogP contribution >= 0.6 is 0 Å². The number of benzene rings is 1. The molecular formula is C13H6N4O9. The second-order valence-corrected chi connectivity index (χ2v) is 5.39. The maximum absolute atomic E-state index is 12.6. The second kappa shape index (κ2) is 5.51. The van der Waals surface area contributed by atoms with E-state index in [1.165, 1.54) is 24.3 Å². The Kier molecular flexibility index (Phi) is 3.56. The highest BCUT2D eigenvalue weighted by atomic mass is 16.7. The van der Waals surface area contributed by atoms with Gasteiger partial charge in [-0.15, -0.1) is 0 Å². The molecule has 0 saturated heterocycles. The minimum absolute atomic E-state index is 0.0807. The first-order valence-electron chi connectivity index (χ1n) is 6.87. The van der Waals surface area contributed by atoms with Gasteiger partial charge in [0.25, 0.3) is 0 Å². The van der Waals surface area contributed by atoms with Crippen LogP contribution < -0.4 is 0 Å². The van der Waals surface area contributed by atoms with Crippen LogP contribution in [0.5, 0.6) is 0 Å². The highest BCUT2D eigenvalue weighted by Gasteiger charge is 2.65. The molecule has 0 bridgehead atoms. The largest absolute Gasteiger partial charge is 0.425 e. The van der Waals surface area contributed by atoms with E-state index in [2.05, 4.69) is 0 Å². The van der Waals surface area contributed by atoms with Crippen molar-refractivity contribution in [2.45, 2.75) is 6.04 Å². The molecule has 0 spiro atoms. The van der Waals surface area contributed by atoms with E-state index < -0.39 is 60.1 Å². The van der Waals surface area contributed by atoms with Crippen LogP contribution in [0.1, 0.15) is 15.9 Å². The highest BCUT2D eigenvalue weighted by Crippen LogP contribution is 2.48. The molecule has 26 heavy (non-hydrogen) atoms. The van der Waals surface area contributed by atoms with Crippen LogP contribution in [-0.4, -0.2) is 31.5 Å². The van der Waals surface area contributed by atoms with Gasteiger partial charge in [-0.2, -0.15) is 0 Å². The van der Waals surface area contributed by atoms with Crippen LogP contribution in [0.4, 0.5) is 0 Å². The number of Topliss-reactive ketones (excluding diaryl/α,β-unsaturated/α-hetero) is 1. The van der Waals surface area contributed by atoms with Crippen LogP contribution in [0.15, 0.2) is 41.4 Å². The molecule has 2 atom stereocenters. The first-order chi connectivity index (χ1) is 12.2. The Bertz CT molecular complexity index is 993. The number of carbonyl (C=O) groups is 1. The lowest BCUT2D eigenvalue weighted by atomic mass is 9.82. The maximum Gasteiger partial charge on any atom is 0.425 e. The van der Waals surface area contributed by atoms with Gasteiger partial charge in [0.15, 0.2) is 5.78 Å². The van der Waals surface area contributed by atoms with E-state index in [1.807, 2.05) is 0 Å². The fourth-order valence-corrected chi connectivity index (χ4v) is 3.30. The number of rotatable bonds is 4. The number of carbonyl (C=O) groups excluding carboxylic acids is 1. The molecule has 2 aliphatic rings. The summed E-state index contributed by atoms with van der Waals surface area (Å²) in [5.41, 5.74) is -5.19. The maximum atomic E-state index is 12.6. The second-order valence-electron chi connectivity index (χ2n) is 5.39. The minimum atomic E-state index is -2.41. The van der Waals surface area contributed by atoms with Crippen molar-refractivity contribution in [1.82, 2.24) is 0 Å². The molecule has 3 rings (SSSR count). The van der Waals surface area contributed by atoms with E-state index in [9.17, 15) is 45.3 Å². The summed E-state index contributed by atoms with van der Waals surface area (Å²) in [5, 5.41) is 45.6. The summed E-state index contributed by atoms with van der Waals surface area (Å²) in [6.45, 7) is 0. The fraction of sp³-hybridized carbons (Fsp3) is 0.154. The van der Waals surface area contributed by atoms with Gasteiger partial charge in [-0.1, -0.05) is 24.3 Å². The van der Waals surface area contributed by atoms with Crippen LogP contribution in [0, 0.1) is 46.4 Å². The zero-order chi connectivity index (χ0) is 19.3. The Morgan fingerprint density at radius 2 is 1.31 bits per heavy atom. The summed E-state index contributed by atoms with van der Waals surface area (Å²) in [4.78, 5) is 52.9. The Labute approximate surface area is 141 Å². The Balaban J connectivity index is 2.52. The topological polar surface area (TPSA) is 190 Å². The van der Waals surface area contributed by atoms with Crippen molar-refractivity contribution in [3.8, 4) is 0 Å². The van der Waals surface area contributed by atoms with E-state index >= 15 is 0 Å². The zero-order valence-electron chi connectivity index (χ0n) is 12.4. The Hall–Kier alpha value is -4.03. The van der Waals surface area contributed by atoms with Crippen LogP contribution in [0.25, 0.3) is 5.57 Å². The van der Waals surface area contributed by atoms with Crippen LogP contribution in [0.2, 0.25) is 0 Å². The molecule has 1 aromatic carbocycles. The molecule has 2 unspecified atom stereocenters. The lowest BCUT2D eigenvalue weighted by molar-refractivity contribution is -0.571. The molecule has 0 saturated carbocycles. The summed E-state index contributed by atoms with van der Waals surface area (Å²) in [6.07, 6.45) is 0. The summed E-state index contributed by atoms with van der Waals surface area (Å²) in [7, 11) is 0. The normalized spacial score (nSPS) is 21.3. The minimum Gasteiger partial charge on any atom is -0.293 e. The highest BCUT2D eigenvalue weighted by molar-refractivity contribution is 6.15. The molecular weight excluding hydrogens is 356 g/mol. The van der Waals surface area contributed by atoms with Crippen molar-refractivity contribution in [3.63, 3.8) is 0 Å². The number of hydrogen-bond acceptors (Lipinski definition) is 9. The number of nitrogens with zero attached hydrogens (tertiary/aromatic N) is 4. The third kappa shape index (κ3) is 2.07. The average molecular weight is 362 g/mol. The third-order valence-corrected chi connectivity index (χ3v) is 4.18. The fourth-order valence-electron chi connectivity index (χ4n) is 3.30. The number of ketones is 1. The molecule has 2 aliphatic carbocycles. The van der Waals surface area contributed by atoms with Crippen molar-refractivity contribution < 1.29 is 24.5 Å². The van der Waals surface area contributed by atoms with E-state index in [4.69, 9.17) is 0 Å². The zero-order valence-corrected chi connectivity index (χ0v) is 12.4. The molecule has 0 heterocycles. The Morgan fingerprint density at radius 1 is 0.769 bits per heavy atom. The predicted molar refractivity (Wildman–Crippen MR) is 80.0 cm³/mol. The van der Waals surface area contributed by atoms with Crippen LogP contribution in [-0.2, 0) is 0 Å². The van der Waals surface area contributed by atoms with Crippen molar-refractivity contribution in [1.29, 1.82) is 0 Å². The van der Waals surface area contributed by atoms with E-state index in [0.717, 1.165) is 0 Å². The van der Waals surface area contributed by atoms with Gasteiger partial charge < -0.3 is 0 Å². The van der Waals surface area contributed by atoms with E-state index in [-0.39, 0.29) is 11.1 Å². The summed E-state index contributed by atoms with van der Waals surface area (Å²) >= 11 is 0. The van der Waals surface area contributed by atoms with Gasteiger partial charge in [-0.3, -0.25) is 45.3 Å². The summed E-state index contributed by atoms with van der Waals surface area (Å²) in [5.74, 6) is -2.81. The predicted octanol–water partition coefficient (Wildman–Crippen LogP) is 0.911. The molecule has 0 N–H and O–H groups in total. The molecule has 0 fully saturated rings. The molecule has 0 aliphatic heterocycles. The first-order valence-corrected chi connectivity index (χ1v) is 6.87. The summed E-state index contributed by atoms with van der Waals surface area (Å²) < 4.78 is 0. The average Bonchev–Trinajstić information content (AvgIpc) is 2.85. The van der Waals surface area contributed by atoms with Crippen molar-refractivity contribution in [2.75, 3.05) is 0 Å². The quantitative estimate of drug-likeness (QED) is 0.553. The third-order valence-electron chi connectivity index (χ3n) is 4.18. The van der Waals surface area contributed by atoms with Gasteiger partial charge in [-0.05, 0) is 5.56 Å². The summed E-state index contributed by atoms with van der Waals surface area (Å²) in [6, 6.07) is 2.87. The van der Waals surface area contributed by atoms with Gasteiger partial charge in [-0.25, -0.2) is 0 Å². The van der Waals surface area contributed by atoms with E-state index in [1.54, 1.807) is 0 Å². The molecule has 0 radical (unpaired) electrons. The molecule has 13 nitrogen and oxygen atoms in total. The van der Waals surface area contributed by atoms with Crippen molar-refractivity contribution >= 4 is 11.4 Å². The molecule has 0 amide bonds. The first kappa shape index (κ1) is 16.8. The molecule has 132 valence electrons. The molecule has 1 aromatic rings. The van der Waals surface area contributed by atoms with Crippen molar-refractivity contribution in [3.05, 3.63) is 92.9 Å². The van der Waals surface area contributed by atoms with Crippen molar-refractivity contribution in [2.24, 2.45) is 5.92 Å². The van der Waals surface area contributed by atoms with Gasteiger partial charge in [0.05, 0.1) is 20.3 Å². The van der Waals surface area contributed by atoms with Crippen LogP contribution in [0.3, 0.4) is 0 Å². The van der Waals surface area contributed by atoms with E-state index in [0.29, 0.717) is 0 Å². The number of fused-ring (bicyclic) bond motifs is 3. The molecule has 13 heteroatoms. The van der Waals surface area contributed by atoms with Gasteiger partial charge in [0.1, 0.15) is 5.92 Å². The number of nitro groups is 4. The monoisotopic (exact) mass is 362 g/mol. The molecule has 0 aromatic heterocycles. The Morgan fingerprint density at radius 3 is 1.77 bits per heavy atom. The number of hydrogen-bond donors (Lipinski definition) is 0. The van der Waals surface area contributed by atoms with Gasteiger partial charge >= 0.3 is 23.1 Å². The van der Waals surface area contributed by atoms with Gasteiger partial charge in [0, 0.05) is 10.5 Å². The van der Waals surface area contributed by atoms with Gasteiger partial charge in [0.2, 0.25) is 0 Å². The lowest BCUT2D eigenvalue weighted by Crippen LogP contribution is -2.42. The standard InChI is InChI=1S/C13H6N4O9/c18-13-6-4-2-1-3-5(6)7-8(13)10(15(21)22)12(17(25)26)11(16(23)24)9(7)14(19)20/h1-4,8,10H.